The van der Waals surface area contributed by atoms with E-state index in [9.17, 15) is 4.79 Å². The molecule has 4 N–H and O–H groups in total. The Morgan fingerprint density at radius 3 is 2.57 bits per heavy atom. The van der Waals surface area contributed by atoms with Crippen LogP contribution in [-0.4, -0.2) is 17.3 Å². The Morgan fingerprint density at radius 2 is 1.82 bits per heavy atom. The number of carbonyl (C=O) groups is 1. The fourth-order valence-corrected chi connectivity index (χ4v) is 8.21. The lowest BCUT2D eigenvalue weighted by Crippen LogP contribution is -2.50. The molecule has 4 fully saturated rings. The number of hydrogen-bond acceptors (Lipinski definition) is 4. The fourth-order valence-electron chi connectivity index (χ4n) is 8.21. The van der Waals surface area contributed by atoms with E-state index in [4.69, 9.17) is 11.6 Å². The van der Waals surface area contributed by atoms with E-state index in [0.717, 1.165) is 41.9 Å². The molecule has 0 spiro atoms. The highest BCUT2D eigenvalue weighted by Gasteiger charge is 2.58. The molecule has 0 bridgehead atoms. The van der Waals surface area contributed by atoms with Crippen molar-refractivity contribution in [2.24, 2.45) is 58.4 Å². The van der Waals surface area contributed by atoms with Crippen molar-refractivity contribution < 1.29 is 4.79 Å². The summed E-state index contributed by atoms with van der Waals surface area (Å²) in [6.07, 6.45) is 13.8. The van der Waals surface area contributed by atoms with Gasteiger partial charge in [0.05, 0.1) is 6.54 Å². The minimum atomic E-state index is 0.181. The Balaban J connectivity index is 1.46. The van der Waals surface area contributed by atoms with Gasteiger partial charge in [-0.1, -0.05) is 20.3 Å². The molecule has 0 aromatic rings. The minimum absolute atomic E-state index is 0.181. The van der Waals surface area contributed by atoms with Crippen LogP contribution in [0.4, 0.5) is 0 Å². The second kappa shape index (κ2) is 7.66. The molecule has 158 valence electrons. The number of allylic oxidation sites excluding steroid dienone is 1. The van der Waals surface area contributed by atoms with Gasteiger partial charge in [-0.15, -0.1) is 0 Å². The van der Waals surface area contributed by atoms with Crippen LogP contribution in [0.5, 0.6) is 0 Å². The molecule has 0 heterocycles. The highest BCUT2D eigenvalue weighted by atomic mass is 16.1. The second-order valence-corrected chi connectivity index (χ2v) is 11.0. The van der Waals surface area contributed by atoms with Crippen LogP contribution in [0.15, 0.2) is 11.9 Å². The summed E-state index contributed by atoms with van der Waals surface area (Å²) in [4.78, 5) is 13.1. The maximum Gasteiger partial charge on any atom is 0.157 e. The van der Waals surface area contributed by atoms with E-state index in [-0.39, 0.29) is 17.9 Å². The Hall–Kier alpha value is -1.03. The summed E-state index contributed by atoms with van der Waals surface area (Å²) in [5, 5.41) is 1.48. The van der Waals surface area contributed by atoms with Gasteiger partial charge in [0.1, 0.15) is 0 Å². The van der Waals surface area contributed by atoms with E-state index in [1.165, 1.54) is 56.4 Å². The third-order valence-electron chi connectivity index (χ3n) is 9.31. The average molecular weight is 388 g/mol. The number of fused-ring (bicyclic) bond motifs is 5. The highest BCUT2D eigenvalue weighted by molar-refractivity contribution is 5.84. The molecule has 4 aliphatic rings. The van der Waals surface area contributed by atoms with Crippen LogP contribution in [0.25, 0.3) is 0 Å². The smallest absolute Gasteiger partial charge is 0.157 e. The number of nitrogens with two attached hydrogens (primary N) is 2. The predicted molar refractivity (Wildman–Crippen MR) is 114 cm³/mol. The van der Waals surface area contributed by atoms with E-state index in [0.29, 0.717) is 11.5 Å². The summed E-state index contributed by atoms with van der Waals surface area (Å²) < 4.78 is 0. The summed E-state index contributed by atoms with van der Waals surface area (Å²) in [6, 6.07) is 0. The molecule has 4 rings (SSSR count). The van der Waals surface area contributed by atoms with Crippen LogP contribution >= 0.6 is 0 Å². The topological polar surface area (TPSA) is 72.3 Å². The van der Waals surface area contributed by atoms with Crippen molar-refractivity contribution in [1.82, 2.24) is 5.01 Å². The van der Waals surface area contributed by atoms with Crippen LogP contribution in [-0.2, 0) is 4.79 Å². The van der Waals surface area contributed by atoms with Gasteiger partial charge in [-0.3, -0.25) is 4.79 Å². The first-order valence-corrected chi connectivity index (χ1v) is 11.8. The number of hydrogen-bond donors (Lipinski definition) is 2. The molecule has 4 aliphatic carbocycles. The van der Waals surface area contributed by atoms with Crippen molar-refractivity contribution in [2.45, 2.75) is 78.6 Å². The van der Waals surface area contributed by atoms with Gasteiger partial charge in [0.15, 0.2) is 5.78 Å². The van der Waals surface area contributed by atoms with Gasteiger partial charge in [0.25, 0.3) is 0 Å². The molecule has 8 unspecified atom stereocenters. The van der Waals surface area contributed by atoms with Crippen molar-refractivity contribution in [3.05, 3.63) is 11.9 Å². The number of rotatable bonds is 4. The molecule has 4 saturated carbocycles. The van der Waals surface area contributed by atoms with E-state index >= 15 is 0 Å². The molecular formula is C24H41N3O. The molecule has 0 aromatic heterocycles. The molecule has 0 saturated heterocycles. The largest absolute Gasteiger partial charge is 0.401 e. The van der Waals surface area contributed by atoms with Gasteiger partial charge >= 0.3 is 0 Å². The maximum absolute atomic E-state index is 13.1. The summed E-state index contributed by atoms with van der Waals surface area (Å²) in [5.41, 5.74) is 6.55. The highest BCUT2D eigenvalue weighted by Crippen LogP contribution is 2.64. The van der Waals surface area contributed by atoms with Crippen LogP contribution in [0.1, 0.15) is 78.6 Å². The summed E-state index contributed by atoms with van der Waals surface area (Å²) in [5.74, 6) is 12.0. The van der Waals surface area contributed by atoms with E-state index < -0.39 is 0 Å². The average Bonchev–Trinajstić information content (AvgIpc) is 2.97. The normalized spacial score (nSPS) is 45.7. The van der Waals surface area contributed by atoms with Crippen molar-refractivity contribution in [1.29, 1.82) is 0 Å². The van der Waals surface area contributed by atoms with Gasteiger partial charge in [-0.05, 0) is 99.2 Å². The van der Waals surface area contributed by atoms with Gasteiger partial charge in [-0.2, -0.15) is 0 Å². The molecule has 0 radical (unpaired) electrons. The van der Waals surface area contributed by atoms with Gasteiger partial charge < -0.3 is 10.7 Å². The van der Waals surface area contributed by atoms with Gasteiger partial charge in [0, 0.05) is 17.8 Å². The standard InChI is InChI=1S/C24H41N3O/c1-15-4-6-18-17(12-15)5-7-20-19(18)10-11-24(3)21(20)8-9-22(24)23(28)14-27(26)13-16(2)25/h13,15,17-22H,4-12,14,25-26H2,1-3H3/b16-13-. The zero-order valence-electron chi connectivity index (χ0n) is 18.2. The Bertz CT molecular complexity index is 627. The Labute approximate surface area is 171 Å². The molecule has 0 aliphatic heterocycles. The number of nitrogens with zero attached hydrogens (tertiary/aromatic N) is 1. The predicted octanol–water partition coefficient (Wildman–Crippen LogP) is 4.46. The third kappa shape index (κ3) is 3.51. The SMILES string of the molecule is C/C(N)=C/N(N)CC(=O)C1CCC2C3CCC4CC(C)CCC4C3CCC12C. The van der Waals surface area contributed by atoms with Gasteiger partial charge in [0.2, 0.25) is 0 Å². The molecule has 4 heteroatoms. The van der Waals surface area contributed by atoms with Crippen molar-refractivity contribution >= 4 is 5.78 Å². The number of hydrazine groups is 1. The second-order valence-electron chi connectivity index (χ2n) is 11.0. The van der Waals surface area contributed by atoms with Gasteiger partial charge in [-0.25, -0.2) is 5.84 Å². The Morgan fingerprint density at radius 1 is 1.07 bits per heavy atom. The van der Waals surface area contributed by atoms with Crippen LogP contribution < -0.4 is 11.6 Å². The van der Waals surface area contributed by atoms with Crippen LogP contribution in [0, 0.1) is 46.8 Å². The molecular weight excluding hydrogens is 346 g/mol. The zero-order chi connectivity index (χ0) is 20.1. The lowest BCUT2D eigenvalue weighted by Gasteiger charge is -2.56. The molecule has 8 atom stereocenters. The van der Waals surface area contributed by atoms with E-state index in [2.05, 4.69) is 13.8 Å². The van der Waals surface area contributed by atoms with Crippen molar-refractivity contribution in [3.63, 3.8) is 0 Å². The van der Waals surface area contributed by atoms with Crippen LogP contribution in [0.3, 0.4) is 0 Å². The first-order chi connectivity index (χ1) is 13.3. The number of ketones is 1. The quantitative estimate of drug-likeness (QED) is 0.552. The number of carbonyl (C=O) groups excluding carboxylic acids is 1. The molecule has 0 amide bonds. The maximum atomic E-state index is 13.1. The Kier molecular flexibility index (Phi) is 5.54. The summed E-state index contributed by atoms with van der Waals surface area (Å²) in [6.45, 7) is 6.98. The first-order valence-electron chi connectivity index (χ1n) is 11.8. The molecule has 0 aromatic carbocycles. The fraction of sp³-hybridized carbons (Fsp3) is 0.875. The van der Waals surface area contributed by atoms with E-state index in [1.807, 2.05) is 0 Å². The first kappa shape index (κ1) is 20.3. The molecule has 4 nitrogen and oxygen atoms in total. The summed E-state index contributed by atoms with van der Waals surface area (Å²) in [7, 11) is 0. The lowest BCUT2D eigenvalue weighted by atomic mass is 9.49. The third-order valence-corrected chi connectivity index (χ3v) is 9.31. The minimum Gasteiger partial charge on any atom is -0.401 e. The zero-order valence-corrected chi connectivity index (χ0v) is 18.2. The van der Waals surface area contributed by atoms with E-state index in [1.54, 1.807) is 13.1 Å². The van der Waals surface area contributed by atoms with Crippen LogP contribution in [0.2, 0.25) is 0 Å². The number of Topliss-reactive ketones (excluding diaryl/α,β-unsaturated/α-hetero) is 1. The lowest BCUT2D eigenvalue weighted by molar-refractivity contribution is -0.131. The van der Waals surface area contributed by atoms with Crippen molar-refractivity contribution in [2.75, 3.05) is 6.54 Å². The van der Waals surface area contributed by atoms with Crippen molar-refractivity contribution in [3.8, 4) is 0 Å². The monoisotopic (exact) mass is 387 g/mol. The summed E-state index contributed by atoms with van der Waals surface area (Å²) >= 11 is 0. The molecule has 28 heavy (non-hydrogen) atoms.